The average molecular weight is 460 g/mol. The van der Waals surface area contributed by atoms with Gasteiger partial charge in [-0.3, -0.25) is 4.79 Å². The first-order valence-electron chi connectivity index (χ1n) is 11.4. The Morgan fingerprint density at radius 1 is 0.909 bits per heavy atom. The van der Waals surface area contributed by atoms with E-state index in [-0.39, 0.29) is 11.8 Å². The first-order valence-corrected chi connectivity index (χ1v) is 12.4. The normalized spacial score (nSPS) is 17.0. The topological polar surface area (TPSA) is 57.6 Å². The molecule has 1 N–H and O–H groups in total. The van der Waals surface area contributed by atoms with Gasteiger partial charge in [-0.05, 0) is 29.5 Å². The van der Waals surface area contributed by atoms with Crippen LogP contribution in [0.3, 0.4) is 0 Å². The molecule has 1 aliphatic rings. The number of rotatable bonds is 8. The number of thioether (sulfide) groups is 1. The molecular weight excluding hydrogens is 430 g/mol. The van der Waals surface area contributed by atoms with Crippen LogP contribution in [0.1, 0.15) is 36.5 Å². The number of aliphatic carboxylic acids is 1. The molecule has 0 aromatic heterocycles. The molecule has 4 rings (SSSR count). The summed E-state index contributed by atoms with van der Waals surface area (Å²) in [6.45, 7) is 2.43. The molecule has 0 spiro atoms. The van der Waals surface area contributed by atoms with Crippen LogP contribution < -0.4 is 0 Å². The van der Waals surface area contributed by atoms with Gasteiger partial charge in [0.2, 0.25) is 5.91 Å². The Morgan fingerprint density at radius 3 is 1.79 bits per heavy atom. The quantitative estimate of drug-likeness (QED) is 0.457. The lowest BCUT2D eigenvalue weighted by atomic mass is 9.84. The Bertz CT molecular complexity index is 975. The van der Waals surface area contributed by atoms with Crippen LogP contribution in [0.2, 0.25) is 0 Å². The molecule has 1 amide bonds. The average Bonchev–Trinajstić information content (AvgIpc) is 3.36. The van der Waals surface area contributed by atoms with Gasteiger partial charge in [0.25, 0.3) is 0 Å². The van der Waals surface area contributed by atoms with Gasteiger partial charge in [0.15, 0.2) is 0 Å². The fourth-order valence-electron chi connectivity index (χ4n) is 4.66. The fourth-order valence-corrected chi connectivity index (χ4v) is 6.21. The van der Waals surface area contributed by atoms with Crippen molar-refractivity contribution in [2.45, 2.75) is 30.6 Å². The second-order valence-corrected chi connectivity index (χ2v) is 9.75. The first-order chi connectivity index (χ1) is 16.0. The van der Waals surface area contributed by atoms with Crippen molar-refractivity contribution in [2.24, 2.45) is 5.92 Å². The van der Waals surface area contributed by atoms with Gasteiger partial charge in [-0.1, -0.05) is 97.9 Å². The van der Waals surface area contributed by atoms with Crippen molar-refractivity contribution in [3.05, 3.63) is 108 Å². The van der Waals surface area contributed by atoms with Gasteiger partial charge < -0.3 is 10.0 Å². The molecule has 4 nitrogen and oxygen atoms in total. The highest BCUT2D eigenvalue weighted by atomic mass is 32.2. The van der Waals surface area contributed by atoms with Gasteiger partial charge in [-0.2, -0.15) is 0 Å². The van der Waals surface area contributed by atoms with Crippen LogP contribution in [-0.2, 0) is 14.3 Å². The van der Waals surface area contributed by atoms with Crippen LogP contribution in [0.5, 0.6) is 0 Å². The van der Waals surface area contributed by atoms with Crippen LogP contribution in [0.25, 0.3) is 0 Å². The lowest BCUT2D eigenvalue weighted by Crippen LogP contribution is -2.43. The van der Waals surface area contributed by atoms with E-state index < -0.39 is 16.8 Å². The summed E-state index contributed by atoms with van der Waals surface area (Å²) in [6.07, 6.45) is 1.27. The Morgan fingerprint density at radius 2 is 1.36 bits per heavy atom. The third-order valence-corrected chi connectivity index (χ3v) is 8.14. The summed E-state index contributed by atoms with van der Waals surface area (Å²) in [7, 11) is 0. The molecule has 170 valence electrons. The van der Waals surface area contributed by atoms with Crippen LogP contribution in [0.4, 0.5) is 0 Å². The molecule has 1 fully saturated rings. The largest absolute Gasteiger partial charge is 0.480 e. The zero-order chi connectivity index (χ0) is 23.3. The number of benzene rings is 3. The molecule has 0 bridgehead atoms. The zero-order valence-electron chi connectivity index (χ0n) is 18.8. The highest BCUT2D eigenvalue weighted by molar-refractivity contribution is 8.00. The monoisotopic (exact) mass is 459 g/mol. The van der Waals surface area contributed by atoms with Crippen LogP contribution >= 0.6 is 11.8 Å². The molecule has 5 heteroatoms. The molecule has 1 heterocycles. The molecule has 33 heavy (non-hydrogen) atoms. The molecule has 1 saturated heterocycles. The van der Waals surface area contributed by atoms with E-state index in [4.69, 9.17) is 0 Å². The third kappa shape index (κ3) is 4.69. The van der Waals surface area contributed by atoms with Crippen LogP contribution in [-0.4, -0.2) is 40.2 Å². The number of carbonyl (C=O) groups excluding carboxylic acids is 1. The summed E-state index contributed by atoms with van der Waals surface area (Å²) in [5.74, 6) is -0.714. The second kappa shape index (κ2) is 10.3. The summed E-state index contributed by atoms with van der Waals surface area (Å²) in [6, 6.07) is 30.5. The maximum absolute atomic E-state index is 13.2. The van der Waals surface area contributed by atoms with Crippen molar-refractivity contribution in [1.29, 1.82) is 0 Å². The Hall–Kier alpha value is -3.05. The van der Waals surface area contributed by atoms with E-state index in [1.165, 1.54) is 0 Å². The molecule has 0 radical (unpaired) electrons. The van der Waals surface area contributed by atoms with E-state index in [1.54, 1.807) is 16.7 Å². The summed E-state index contributed by atoms with van der Waals surface area (Å²) in [5.41, 5.74) is 3.45. The lowest BCUT2D eigenvalue weighted by molar-refractivity contribution is -0.149. The van der Waals surface area contributed by atoms with E-state index in [0.717, 1.165) is 23.1 Å². The standard InChI is InChI=1S/C28H29NO3S/c1-21(26(30)29-19-11-18-25(29)27(31)32)20-33-28(22-12-5-2-6-13-22,23-14-7-3-8-15-23)24-16-9-4-10-17-24/h2-10,12-17,21,25H,11,18-20H2,1H3,(H,31,32)/t21?,25-/m0/s1. The molecule has 3 aromatic rings. The predicted octanol–water partition coefficient (Wildman–Crippen LogP) is 5.42. The summed E-state index contributed by atoms with van der Waals surface area (Å²) >= 11 is 1.74. The summed E-state index contributed by atoms with van der Waals surface area (Å²) in [4.78, 5) is 26.4. The minimum atomic E-state index is -0.909. The summed E-state index contributed by atoms with van der Waals surface area (Å²) < 4.78 is -0.491. The van der Waals surface area contributed by atoms with Crippen LogP contribution in [0, 0.1) is 5.92 Å². The van der Waals surface area contributed by atoms with Gasteiger partial charge in [-0.25, -0.2) is 4.79 Å². The number of hydrogen-bond donors (Lipinski definition) is 1. The summed E-state index contributed by atoms with van der Waals surface area (Å²) in [5, 5.41) is 9.52. The zero-order valence-corrected chi connectivity index (χ0v) is 19.6. The highest BCUT2D eigenvalue weighted by Crippen LogP contribution is 2.49. The van der Waals surface area contributed by atoms with E-state index in [2.05, 4.69) is 36.4 Å². The SMILES string of the molecule is CC(CSC(c1ccccc1)(c1ccccc1)c1ccccc1)C(=O)N1CCC[C@H]1C(=O)O. The van der Waals surface area contributed by atoms with Crippen molar-refractivity contribution in [3.63, 3.8) is 0 Å². The number of hydrogen-bond acceptors (Lipinski definition) is 3. The van der Waals surface area contributed by atoms with Gasteiger partial charge in [0, 0.05) is 18.2 Å². The molecule has 2 atom stereocenters. The number of amides is 1. The van der Waals surface area contributed by atoms with Crippen molar-refractivity contribution in [3.8, 4) is 0 Å². The number of likely N-dealkylation sites (tertiary alicyclic amines) is 1. The number of carboxylic acid groups (broad SMARTS) is 1. The van der Waals surface area contributed by atoms with E-state index in [9.17, 15) is 14.7 Å². The molecule has 1 unspecified atom stereocenters. The maximum Gasteiger partial charge on any atom is 0.326 e. The fraction of sp³-hybridized carbons (Fsp3) is 0.286. The number of carbonyl (C=O) groups is 2. The molecule has 0 saturated carbocycles. The number of nitrogens with zero attached hydrogens (tertiary/aromatic N) is 1. The maximum atomic E-state index is 13.2. The van der Waals surface area contributed by atoms with Crippen LogP contribution in [0.15, 0.2) is 91.0 Å². The number of carboxylic acids is 1. The molecule has 1 aliphatic heterocycles. The van der Waals surface area contributed by atoms with Crippen molar-refractivity contribution in [1.82, 2.24) is 4.90 Å². The van der Waals surface area contributed by atoms with E-state index in [0.29, 0.717) is 18.7 Å². The predicted molar refractivity (Wildman–Crippen MR) is 133 cm³/mol. The minimum Gasteiger partial charge on any atom is -0.480 e. The molecule has 0 aliphatic carbocycles. The van der Waals surface area contributed by atoms with E-state index in [1.807, 2.05) is 61.5 Å². The van der Waals surface area contributed by atoms with Gasteiger partial charge in [0.05, 0.1) is 4.75 Å². The van der Waals surface area contributed by atoms with Crippen molar-refractivity contribution < 1.29 is 14.7 Å². The van der Waals surface area contributed by atoms with E-state index >= 15 is 0 Å². The lowest BCUT2D eigenvalue weighted by Gasteiger charge is -2.36. The van der Waals surface area contributed by atoms with Gasteiger partial charge >= 0.3 is 5.97 Å². The highest BCUT2D eigenvalue weighted by Gasteiger charge is 2.40. The van der Waals surface area contributed by atoms with Crippen molar-refractivity contribution >= 4 is 23.6 Å². The van der Waals surface area contributed by atoms with Gasteiger partial charge in [0.1, 0.15) is 6.04 Å². The van der Waals surface area contributed by atoms with Crippen molar-refractivity contribution in [2.75, 3.05) is 12.3 Å². The third-order valence-electron chi connectivity index (χ3n) is 6.33. The smallest absolute Gasteiger partial charge is 0.326 e. The second-order valence-electron chi connectivity index (χ2n) is 8.52. The Labute approximate surface area is 199 Å². The first kappa shape index (κ1) is 23.1. The van der Waals surface area contributed by atoms with Gasteiger partial charge in [-0.15, -0.1) is 11.8 Å². The molecule has 3 aromatic carbocycles. The molecular formula is C28H29NO3S. The Kier molecular flexibility index (Phi) is 7.19. The Balaban J connectivity index is 1.70. The minimum absolute atomic E-state index is 0.0736.